The Kier molecular flexibility index (Phi) is 4.08. The Hall–Kier alpha value is -2.01. The second-order valence-corrected chi connectivity index (χ2v) is 6.34. The number of aryl methyl sites for hydroxylation is 2. The SMILES string of the molecule is COc1ccc2c(c1)CCc1ccccc1C2C(C)(O)C(F)(F)F. The first-order chi connectivity index (χ1) is 11.3. The minimum absolute atomic E-state index is 0.503. The van der Waals surface area contributed by atoms with E-state index in [0.717, 1.165) is 18.1 Å². The van der Waals surface area contributed by atoms with Gasteiger partial charge in [0.15, 0.2) is 5.60 Å². The fourth-order valence-corrected chi connectivity index (χ4v) is 3.46. The summed E-state index contributed by atoms with van der Waals surface area (Å²) in [6.07, 6.45) is -3.51. The molecule has 2 nitrogen and oxygen atoms in total. The molecule has 0 heterocycles. The van der Waals surface area contributed by atoms with Crippen molar-refractivity contribution >= 4 is 0 Å². The number of rotatable bonds is 2. The van der Waals surface area contributed by atoms with Gasteiger partial charge in [-0.25, -0.2) is 0 Å². The minimum atomic E-state index is -4.74. The monoisotopic (exact) mass is 336 g/mol. The Morgan fingerprint density at radius 3 is 2.29 bits per heavy atom. The topological polar surface area (TPSA) is 29.5 Å². The van der Waals surface area contributed by atoms with Gasteiger partial charge in [0.1, 0.15) is 5.75 Å². The Bertz CT molecular complexity index is 751. The predicted octanol–water partition coefficient (Wildman–Crippen LogP) is 4.24. The molecule has 0 bridgehead atoms. The first-order valence-corrected chi connectivity index (χ1v) is 7.79. The Morgan fingerprint density at radius 2 is 1.62 bits per heavy atom. The summed E-state index contributed by atoms with van der Waals surface area (Å²) in [5.74, 6) is -0.567. The van der Waals surface area contributed by atoms with Crippen LogP contribution in [-0.4, -0.2) is 24.0 Å². The van der Waals surface area contributed by atoms with Crippen LogP contribution in [0.15, 0.2) is 42.5 Å². The number of fused-ring (bicyclic) bond motifs is 2. The van der Waals surface area contributed by atoms with Gasteiger partial charge >= 0.3 is 6.18 Å². The molecule has 0 saturated carbocycles. The normalized spacial score (nSPS) is 19.7. The second-order valence-electron chi connectivity index (χ2n) is 6.34. The van der Waals surface area contributed by atoms with Crippen LogP contribution in [0.4, 0.5) is 13.2 Å². The zero-order valence-electron chi connectivity index (χ0n) is 13.5. The number of halogens is 3. The molecule has 0 aliphatic heterocycles. The number of methoxy groups -OCH3 is 1. The van der Waals surface area contributed by atoms with Crippen molar-refractivity contribution in [1.82, 2.24) is 0 Å². The van der Waals surface area contributed by atoms with Crippen molar-refractivity contribution in [3.05, 3.63) is 64.7 Å². The summed E-state index contributed by atoms with van der Waals surface area (Å²) in [7, 11) is 1.52. The number of aliphatic hydroxyl groups is 1. The summed E-state index contributed by atoms with van der Waals surface area (Å²) in [5.41, 5.74) is -0.217. The van der Waals surface area contributed by atoms with Crippen LogP contribution in [0.25, 0.3) is 0 Å². The van der Waals surface area contributed by atoms with E-state index >= 15 is 0 Å². The molecule has 0 aromatic heterocycles. The molecule has 2 atom stereocenters. The Morgan fingerprint density at radius 1 is 1.00 bits per heavy atom. The number of benzene rings is 2. The van der Waals surface area contributed by atoms with E-state index in [1.807, 2.05) is 12.1 Å². The third-order valence-electron chi connectivity index (χ3n) is 4.83. The molecular formula is C19H19F3O2. The quantitative estimate of drug-likeness (QED) is 0.889. The van der Waals surface area contributed by atoms with Crippen LogP contribution in [0.3, 0.4) is 0 Å². The summed E-state index contributed by atoms with van der Waals surface area (Å²) in [6.45, 7) is 0.855. The molecule has 3 rings (SSSR count). The lowest BCUT2D eigenvalue weighted by Crippen LogP contribution is -2.48. The zero-order valence-corrected chi connectivity index (χ0v) is 13.5. The summed E-state index contributed by atoms with van der Waals surface area (Å²) in [5, 5.41) is 10.5. The molecule has 0 amide bonds. The molecule has 5 heteroatoms. The maximum atomic E-state index is 13.6. The number of hydrogen-bond donors (Lipinski definition) is 1. The van der Waals surface area contributed by atoms with Crippen molar-refractivity contribution in [1.29, 1.82) is 0 Å². The molecule has 128 valence electrons. The summed E-state index contributed by atoms with van der Waals surface area (Å²) < 4.78 is 46.0. The van der Waals surface area contributed by atoms with Crippen LogP contribution >= 0.6 is 0 Å². The van der Waals surface area contributed by atoms with E-state index in [2.05, 4.69) is 0 Å². The average Bonchev–Trinajstić information content (AvgIpc) is 2.70. The number of hydrogen-bond acceptors (Lipinski definition) is 2. The molecule has 0 fully saturated rings. The van der Waals surface area contributed by atoms with E-state index in [1.165, 1.54) is 7.11 Å². The minimum Gasteiger partial charge on any atom is -0.497 e. The van der Waals surface area contributed by atoms with Crippen LogP contribution in [0.5, 0.6) is 5.75 Å². The van der Waals surface area contributed by atoms with Crippen LogP contribution in [0.1, 0.15) is 35.1 Å². The van der Waals surface area contributed by atoms with E-state index in [9.17, 15) is 18.3 Å². The van der Waals surface area contributed by atoms with Crippen molar-refractivity contribution in [3.8, 4) is 5.75 Å². The van der Waals surface area contributed by atoms with Gasteiger partial charge in [-0.15, -0.1) is 0 Å². The molecule has 1 aliphatic rings. The lowest BCUT2D eigenvalue weighted by Gasteiger charge is -2.36. The highest BCUT2D eigenvalue weighted by Crippen LogP contribution is 2.48. The van der Waals surface area contributed by atoms with Gasteiger partial charge in [-0.05, 0) is 54.2 Å². The zero-order chi connectivity index (χ0) is 17.5. The van der Waals surface area contributed by atoms with Crippen molar-refractivity contribution in [3.63, 3.8) is 0 Å². The van der Waals surface area contributed by atoms with Crippen molar-refractivity contribution in [2.24, 2.45) is 0 Å². The smallest absolute Gasteiger partial charge is 0.417 e. The second kappa shape index (κ2) is 5.81. The van der Waals surface area contributed by atoms with Gasteiger partial charge in [0.25, 0.3) is 0 Å². The molecule has 2 aromatic rings. The highest BCUT2D eigenvalue weighted by molar-refractivity contribution is 5.49. The summed E-state index contributed by atoms with van der Waals surface area (Å²) in [6, 6.07) is 12.1. The third-order valence-corrected chi connectivity index (χ3v) is 4.83. The van der Waals surface area contributed by atoms with Crippen LogP contribution in [-0.2, 0) is 12.8 Å². The predicted molar refractivity (Wildman–Crippen MR) is 85.4 cm³/mol. The lowest BCUT2D eigenvalue weighted by molar-refractivity contribution is -0.257. The molecule has 1 N–H and O–H groups in total. The third kappa shape index (κ3) is 2.67. The molecule has 0 spiro atoms. The first kappa shape index (κ1) is 16.8. The molecule has 24 heavy (non-hydrogen) atoms. The van der Waals surface area contributed by atoms with Gasteiger partial charge in [0.2, 0.25) is 0 Å². The number of alkyl halides is 3. The van der Waals surface area contributed by atoms with E-state index in [4.69, 9.17) is 4.74 Å². The maximum Gasteiger partial charge on any atom is 0.417 e. The van der Waals surface area contributed by atoms with Crippen LogP contribution in [0, 0.1) is 0 Å². The molecule has 2 aromatic carbocycles. The van der Waals surface area contributed by atoms with E-state index in [1.54, 1.807) is 30.3 Å². The molecule has 0 saturated heterocycles. The summed E-state index contributed by atoms with van der Waals surface area (Å²) in [4.78, 5) is 0. The van der Waals surface area contributed by atoms with E-state index < -0.39 is 17.7 Å². The number of ether oxygens (including phenoxy) is 1. The van der Waals surface area contributed by atoms with Crippen molar-refractivity contribution in [2.75, 3.05) is 7.11 Å². The average molecular weight is 336 g/mol. The van der Waals surface area contributed by atoms with Gasteiger partial charge in [-0.1, -0.05) is 30.3 Å². The van der Waals surface area contributed by atoms with E-state index in [0.29, 0.717) is 29.7 Å². The van der Waals surface area contributed by atoms with Crippen molar-refractivity contribution in [2.45, 2.75) is 37.5 Å². The van der Waals surface area contributed by atoms with E-state index in [-0.39, 0.29) is 0 Å². The highest BCUT2D eigenvalue weighted by Gasteiger charge is 2.56. The van der Waals surface area contributed by atoms with Gasteiger partial charge < -0.3 is 9.84 Å². The lowest BCUT2D eigenvalue weighted by atomic mass is 9.76. The Labute approximate surface area is 138 Å². The van der Waals surface area contributed by atoms with Crippen LogP contribution in [0.2, 0.25) is 0 Å². The molecular weight excluding hydrogens is 317 g/mol. The largest absolute Gasteiger partial charge is 0.497 e. The van der Waals surface area contributed by atoms with Gasteiger partial charge in [0, 0.05) is 5.92 Å². The van der Waals surface area contributed by atoms with Crippen LogP contribution < -0.4 is 4.74 Å². The van der Waals surface area contributed by atoms with Gasteiger partial charge in [-0.2, -0.15) is 13.2 Å². The molecule has 1 aliphatic carbocycles. The maximum absolute atomic E-state index is 13.6. The molecule has 2 unspecified atom stereocenters. The van der Waals surface area contributed by atoms with Crippen molar-refractivity contribution < 1.29 is 23.0 Å². The fraction of sp³-hybridized carbons (Fsp3) is 0.368. The standard InChI is InChI=1S/C19H19F3O2/c1-18(23,19(20,21)22)17-15-6-4-3-5-12(15)7-8-13-11-14(24-2)9-10-16(13)17/h3-6,9-11,17,23H,7-8H2,1-2H3. The Balaban J connectivity index is 2.26. The fourth-order valence-electron chi connectivity index (χ4n) is 3.46. The molecule has 0 radical (unpaired) electrons. The van der Waals surface area contributed by atoms with Gasteiger partial charge in [-0.3, -0.25) is 0 Å². The first-order valence-electron chi connectivity index (χ1n) is 7.79. The summed E-state index contributed by atoms with van der Waals surface area (Å²) >= 11 is 0. The van der Waals surface area contributed by atoms with Gasteiger partial charge in [0.05, 0.1) is 7.11 Å². The highest BCUT2D eigenvalue weighted by atomic mass is 19.4.